The van der Waals surface area contributed by atoms with E-state index in [9.17, 15) is 34.8 Å². The van der Waals surface area contributed by atoms with Crippen molar-refractivity contribution >= 4 is 9.84 Å². The maximum atomic E-state index is 12.0. The Balaban J connectivity index is 4.03. The second kappa shape index (κ2) is 6.75. The van der Waals surface area contributed by atoms with Crippen LogP contribution in [0.1, 0.15) is 0 Å². The van der Waals surface area contributed by atoms with Crippen LogP contribution in [0, 0.1) is 0 Å². The van der Waals surface area contributed by atoms with Crippen LogP contribution in [-0.4, -0.2) is 58.6 Å². The topological polar surface area (TPSA) is 55.4 Å². The molecule has 0 fully saturated rings. The first-order valence-corrected chi connectivity index (χ1v) is 7.03. The van der Waals surface area contributed by atoms with Crippen LogP contribution in [0.25, 0.3) is 0 Å². The van der Waals surface area contributed by atoms with E-state index in [1.165, 1.54) is 0 Å². The van der Waals surface area contributed by atoms with E-state index in [1.54, 1.807) is 0 Å². The molecule has 0 aliphatic carbocycles. The fourth-order valence-corrected chi connectivity index (χ4v) is 1.52. The van der Waals surface area contributed by atoms with Gasteiger partial charge in [0.1, 0.15) is 9.84 Å². The molecule has 0 amide bonds. The summed E-state index contributed by atoms with van der Waals surface area (Å²) < 4.78 is 97.1. The lowest BCUT2D eigenvalue weighted by Crippen LogP contribution is -2.45. The molecule has 0 saturated carbocycles. The Kier molecular flexibility index (Phi) is 6.55. The molecule has 0 heterocycles. The molecule has 0 aliphatic heterocycles. The third-order valence-corrected chi connectivity index (χ3v) is 2.75. The Morgan fingerprint density at radius 2 is 1.53 bits per heavy atom. The molecule has 116 valence electrons. The molecule has 0 spiro atoms. The van der Waals surface area contributed by atoms with Crippen molar-refractivity contribution < 1.29 is 39.5 Å². The summed E-state index contributed by atoms with van der Waals surface area (Å²) >= 11 is 0. The van der Waals surface area contributed by atoms with E-state index in [1.807, 2.05) is 0 Å². The second-order valence-corrected chi connectivity index (χ2v) is 5.97. The van der Waals surface area contributed by atoms with Gasteiger partial charge >= 0.3 is 12.4 Å². The van der Waals surface area contributed by atoms with E-state index in [-0.39, 0.29) is 18.8 Å². The maximum Gasteiger partial charge on any atom is 0.423 e. The zero-order valence-corrected chi connectivity index (χ0v) is 10.6. The number of alkyl halides is 6. The van der Waals surface area contributed by atoms with Crippen molar-refractivity contribution in [2.75, 3.05) is 31.7 Å². The quantitative estimate of drug-likeness (QED) is 0.565. The number of hydrogen-bond acceptors (Lipinski definition) is 4. The van der Waals surface area contributed by atoms with Crippen molar-refractivity contribution in [2.24, 2.45) is 0 Å². The number of sulfone groups is 1. The maximum absolute atomic E-state index is 12.0. The molecule has 0 radical (unpaired) electrons. The molecular formula is C8H13F6NO3S. The lowest BCUT2D eigenvalue weighted by Gasteiger charge is -2.23. The second-order valence-electron chi connectivity index (χ2n) is 3.71. The minimum atomic E-state index is -5.54. The van der Waals surface area contributed by atoms with E-state index in [2.05, 4.69) is 10.1 Å². The standard InChI is InChI=1S/C8H13F6NO3S/c1-19(16,17)5-3-15-2-4-18-6(7(9,10)11)8(12,13)14/h6,15H,2-5H2,1H3. The first-order valence-electron chi connectivity index (χ1n) is 4.97. The van der Waals surface area contributed by atoms with Crippen LogP contribution in [0.2, 0.25) is 0 Å². The number of nitrogens with one attached hydrogen (secondary N) is 1. The predicted octanol–water partition coefficient (Wildman–Crippen LogP) is 1.13. The average molecular weight is 317 g/mol. The molecule has 0 saturated heterocycles. The first kappa shape index (κ1) is 18.4. The summed E-state index contributed by atoms with van der Waals surface area (Å²) in [6.07, 6.45) is -14.0. The van der Waals surface area contributed by atoms with E-state index in [0.29, 0.717) is 0 Å². The highest BCUT2D eigenvalue weighted by atomic mass is 32.2. The van der Waals surface area contributed by atoms with Crippen molar-refractivity contribution in [3.05, 3.63) is 0 Å². The van der Waals surface area contributed by atoms with Gasteiger partial charge in [0.15, 0.2) is 0 Å². The third kappa shape index (κ3) is 9.05. The minimum Gasteiger partial charge on any atom is -0.360 e. The number of ether oxygens (including phenoxy) is 1. The number of rotatable bonds is 7. The van der Waals surface area contributed by atoms with Crippen molar-refractivity contribution in [3.63, 3.8) is 0 Å². The van der Waals surface area contributed by atoms with Gasteiger partial charge < -0.3 is 10.1 Å². The Morgan fingerprint density at radius 3 is 1.89 bits per heavy atom. The Hall–Kier alpha value is -0.550. The van der Waals surface area contributed by atoms with Gasteiger partial charge in [-0.15, -0.1) is 0 Å². The van der Waals surface area contributed by atoms with Gasteiger partial charge in [0.2, 0.25) is 6.10 Å². The summed E-state index contributed by atoms with van der Waals surface area (Å²) in [5.74, 6) is -0.269. The molecule has 4 nitrogen and oxygen atoms in total. The van der Waals surface area contributed by atoms with Gasteiger partial charge in [-0.2, -0.15) is 26.3 Å². The van der Waals surface area contributed by atoms with Crippen LogP contribution in [0.4, 0.5) is 26.3 Å². The minimum absolute atomic E-state index is 0.0785. The summed E-state index contributed by atoms with van der Waals surface area (Å²) in [7, 11) is -3.24. The SMILES string of the molecule is CS(=O)(=O)CCNCCOC(C(F)(F)F)C(F)(F)F. The lowest BCUT2D eigenvalue weighted by atomic mass is 10.3. The van der Waals surface area contributed by atoms with Gasteiger partial charge in [-0.05, 0) is 0 Å². The van der Waals surface area contributed by atoms with E-state index < -0.39 is 34.9 Å². The van der Waals surface area contributed by atoms with Gasteiger partial charge in [-0.1, -0.05) is 0 Å². The molecule has 0 aromatic rings. The normalized spacial score (nSPS) is 14.1. The summed E-state index contributed by atoms with van der Waals surface area (Å²) in [5, 5.41) is 2.36. The van der Waals surface area contributed by atoms with Crippen LogP contribution in [0.5, 0.6) is 0 Å². The Morgan fingerprint density at radius 1 is 1.05 bits per heavy atom. The monoisotopic (exact) mass is 317 g/mol. The molecule has 0 unspecified atom stereocenters. The van der Waals surface area contributed by atoms with Crippen LogP contribution in [-0.2, 0) is 14.6 Å². The number of halogens is 6. The first-order chi connectivity index (χ1) is 8.34. The summed E-state index contributed by atoms with van der Waals surface area (Å²) in [5.41, 5.74) is 0. The van der Waals surface area contributed by atoms with E-state index in [4.69, 9.17) is 0 Å². The van der Waals surface area contributed by atoms with Gasteiger partial charge in [0.05, 0.1) is 12.4 Å². The van der Waals surface area contributed by atoms with Crippen LogP contribution < -0.4 is 5.32 Å². The molecule has 0 rings (SSSR count). The molecule has 0 aliphatic rings. The van der Waals surface area contributed by atoms with Gasteiger partial charge in [0.25, 0.3) is 0 Å². The molecule has 11 heteroatoms. The number of hydrogen-bond donors (Lipinski definition) is 1. The highest BCUT2D eigenvalue weighted by Crippen LogP contribution is 2.35. The average Bonchev–Trinajstić information content (AvgIpc) is 2.10. The van der Waals surface area contributed by atoms with Gasteiger partial charge in [0, 0.05) is 19.3 Å². The molecule has 1 N–H and O–H groups in total. The smallest absolute Gasteiger partial charge is 0.360 e. The van der Waals surface area contributed by atoms with Crippen molar-refractivity contribution in [1.82, 2.24) is 5.32 Å². The Bertz CT molecular complexity index is 350. The zero-order valence-electron chi connectivity index (χ0n) is 9.81. The van der Waals surface area contributed by atoms with E-state index in [0.717, 1.165) is 6.26 Å². The summed E-state index contributed by atoms with van der Waals surface area (Å²) in [6.45, 7) is -1.24. The fourth-order valence-electron chi connectivity index (χ4n) is 1.01. The highest BCUT2D eigenvalue weighted by molar-refractivity contribution is 7.90. The van der Waals surface area contributed by atoms with Crippen molar-refractivity contribution in [1.29, 1.82) is 0 Å². The van der Waals surface area contributed by atoms with Crippen molar-refractivity contribution in [3.8, 4) is 0 Å². The third-order valence-electron chi connectivity index (χ3n) is 1.81. The van der Waals surface area contributed by atoms with E-state index >= 15 is 0 Å². The lowest BCUT2D eigenvalue weighted by molar-refractivity contribution is -0.321. The summed E-state index contributed by atoms with van der Waals surface area (Å²) in [6, 6.07) is 0. The van der Waals surface area contributed by atoms with Gasteiger partial charge in [-0.25, -0.2) is 8.42 Å². The highest BCUT2D eigenvalue weighted by Gasteiger charge is 2.57. The summed E-state index contributed by atoms with van der Waals surface area (Å²) in [4.78, 5) is 0. The Labute approximate surface area is 106 Å². The molecular weight excluding hydrogens is 304 g/mol. The predicted molar refractivity (Wildman–Crippen MR) is 54.4 cm³/mol. The van der Waals surface area contributed by atoms with Crippen molar-refractivity contribution in [2.45, 2.75) is 18.5 Å². The molecule has 0 aromatic heterocycles. The largest absolute Gasteiger partial charge is 0.423 e. The fraction of sp³-hybridized carbons (Fsp3) is 1.00. The van der Waals surface area contributed by atoms with Gasteiger partial charge in [-0.3, -0.25) is 0 Å². The molecule has 0 bridgehead atoms. The zero-order chi connectivity index (χ0) is 15.3. The molecule has 0 aromatic carbocycles. The molecule has 0 atom stereocenters. The van der Waals surface area contributed by atoms with Crippen LogP contribution in [0.15, 0.2) is 0 Å². The molecule has 19 heavy (non-hydrogen) atoms. The van der Waals surface area contributed by atoms with Crippen LogP contribution >= 0.6 is 0 Å². The van der Waals surface area contributed by atoms with Crippen LogP contribution in [0.3, 0.4) is 0 Å².